The zero-order chi connectivity index (χ0) is 13.6. The number of aryl methyl sites for hydroxylation is 2. The van der Waals surface area contributed by atoms with Gasteiger partial charge >= 0.3 is 5.97 Å². The number of carboxylic acid groups (broad SMARTS) is 1. The average Bonchev–Trinajstić information content (AvgIpc) is 2.73. The van der Waals surface area contributed by atoms with Crippen molar-refractivity contribution < 1.29 is 9.90 Å². The van der Waals surface area contributed by atoms with Crippen molar-refractivity contribution in [2.45, 2.75) is 52.1 Å². The fourth-order valence-corrected chi connectivity index (χ4v) is 2.25. The molecule has 1 atom stereocenters. The van der Waals surface area contributed by atoms with Gasteiger partial charge in [-0.1, -0.05) is 13.8 Å². The number of imidazole rings is 1. The quantitative estimate of drug-likeness (QED) is 0.741. The Morgan fingerprint density at radius 3 is 2.72 bits per heavy atom. The van der Waals surface area contributed by atoms with Crippen molar-refractivity contribution in [1.82, 2.24) is 14.9 Å². The van der Waals surface area contributed by atoms with Gasteiger partial charge in [-0.05, 0) is 32.7 Å². The molecule has 0 aliphatic heterocycles. The highest BCUT2D eigenvalue weighted by Gasteiger charge is 2.34. The van der Waals surface area contributed by atoms with Crippen molar-refractivity contribution in [3.8, 4) is 0 Å². The van der Waals surface area contributed by atoms with E-state index in [1.54, 1.807) is 6.20 Å². The molecule has 0 saturated heterocycles. The van der Waals surface area contributed by atoms with E-state index in [1.807, 2.05) is 31.5 Å². The standard InChI is InChI=1S/C13H23N3O2/c1-4-13(12(17)18,15-5-2)7-6-9-16-10-8-14-11(16)3/h8,10,15H,4-7,9H2,1-3H3,(H,17,18). The number of likely N-dealkylation sites (N-methyl/N-ethyl adjacent to an activating group) is 1. The number of aromatic nitrogens is 2. The van der Waals surface area contributed by atoms with Crippen molar-refractivity contribution >= 4 is 5.97 Å². The lowest BCUT2D eigenvalue weighted by molar-refractivity contribution is -0.145. The minimum absolute atomic E-state index is 0.596. The maximum atomic E-state index is 11.4. The van der Waals surface area contributed by atoms with Crippen molar-refractivity contribution in [2.75, 3.05) is 6.54 Å². The Morgan fingerprint density at radius 1 is 1.56 bits per heavy atom. The second kappa shape index (κ2) is 6.54. The van der Waals surface area contributed by atoms with E-state index in [0.29, 0.717) is 19.4 Å². The summed E-state index contributed by atoms with van der Waals surface area (Å²) in [5.41, 5.74) is -0.788. The Hall–Kier alpha value is -1.36. The van der Waals surface area contributed by atoms with Crippen molar-refractivity contribution in [2.24, 2.45) is 0 Å². The van der Waals surface area contributed by atoms with Crippen LogP contribution in [-0.2, 0) is 11.3 Å². The van der Waals surface area contributed by atoms with E-state index in [2.05, 4.69) is 10.3 Å². The molecule has 1 aromatic rings. The highest BCUT2D eigenvalue weighted by molar-refractivity contribution is 5.78. The van der Waals surface area contributed by atoms with Crippen LogP contribution in [0.1, 0.15) is 38.9 Å². The molecule has 0 fully saturated rings. The second-order valence-electron chi connectivity index (χ2n) is 4.54. The smallest absolute Gasteiger partial charge is 0.323 e. The average molecular weight is 253 g/mol. The first-order valence-electron chi connectivity index (χ1n) is 6.52. The first-order chi connectivity index (χ1) is 8.55. The van der Waals surface area contributed by atoms with Crippen LogP contribution in [0.25, 0.3) is 0 Å². The molecule has 1 aromatic heterocycles. The molecule has 5 heteroatoms. The molecule has 1 heterocycles. The topological polar surface area (TPSA) is 67.2 Å². The third kappa shape index (κ3) is 3.32. The van der Waals surface area contributed by atoms with Gasteiger partial charge in [-0.3, -0.25) is 4.79 Å². The maximum absolute atomic E-state index is 11.4. The van der Waals surface area contributed by atoms with Gasteiger partial charge in [0.1, 0.15) is 11.4 Å². The van der Waals surface area contributed by atoms with Crippen LogP contribution >= 0.6 is 0 Å². The van der Waals surface area contributed by atoms with Crippen LogP contribution in [0, 0.1) is 6.92 Å². The summed E-state index contributed by atoms with van der Waals surface area (Å²) in [5, 5.41) is 12.5. The summed E-state index contributed by atoms with van der Waals surface area (Å²) >= 11 is 0. The van der Waals surface area contributed by atoms with Gasteiger partial charge in [0.15, 0.2) is 0 Å². The molecule has 5 nitrogen and oxygen atoms in total. The summed E-state index contributed by atoms with van der Waals surface area (Å²) in [4.78, 5) is 15.6. The van der Waals surface area contributed by atoms with E-state index in [0.717, 1.165) is 18.8 Å². The van der Waals surface area contributed by atoms with E-state index in [9.17, 15) is 9.90 Å². The molecule has 1 rings (SSSR count). The van der Waals surface area contributed by atoms with Crippen molar-refractivity contribution in [1.29, 1.82) is 0 Å². The third-order valence-electron chi connectivity index (χ3n) is 3.45. The Morgan fingerprint density at radius 2 is 2.28 bits per heavy atom. The number of hydrogen-bond donors (Lipinski definition) is 2. The molecule has 0 radical (unpaired) electrons. The minimum atomic E-state index is -0.788. The van der Waals surface area contributed by atoms with Gasteiger partial charge in [0.05, 0.1) is 0 Å². The Labute approximate surface area is 108 Å². The number of hydrogen-bond acceptors (Lipinski definition) is 3. The van der Waals surface area contributed by atoms with Crippen LogP contribution < -0.4 is 5.32 Å². The van der Waals surface area contributed by atoms with Crippen molar-refractivity contribution in [3.05, 3.63) is 18.2 Å². The predicted molar refractivity (Wildman–Crippen MR) is 70.5 cm³/mol. The number of carbonyl (C=O) groups is 1. The molecule has 0 saturated carbocycles. The normalized spacial score (nSPS) is 14.4. The minimum Gasteiger partial charge on any atom is -0.480 e. The van der Waals surface area contributed by atoms with Gasteiger partial charge in [-0.2, -0.15) is 0 Å². The molecule has 1 unspecified atom stereocenters. The summed E-state index contributed by atoms with van der Waals surface area (Å²) in [6.45, 7) is 7.29. The molecule has 0 aliphatic carbocycles. The zero-order valence-electron chi connectivity index (χ0n) is 11.4. The van der Waals surface area contributed by atoms with Gasteiger partial charge in [0.25, 0.3) is 0 Å². The summed E-state index contributed by atoms with van der Waals surface area (Å²) in [6, 6.07) is 0. The second-order valence-corrected chi connectivity index (χ2v) is 4.54. The van der Waals surface area contributed by atoms with Crippen LogP contribution in [0.15, 0.2) is 12.4 Å². The molecule has 18 heavy (non-hydrogen) atoms. The van der Waals surface area contributed by atoms with E-state index in [-0.39, 0.29) is 0 Å². The number of aliphatic carboxylic acids is 1. The lowest BCUT2D eigenvalue weighted by atomic mass is 9.90. The highest BCUT2D eigenvalue weighted by atomic mass is 16.4. The van der Waals surface area contributed by atoms with E-state index < -0.39 is 11.5 Å². The zero-order valence-corrected chi connectivity index (χ0v) is 11.4. The number of carboxylic acids is 1. The number of nitrogens with one attached hydrogen (secondary N) is 1. The molecule has 0 bridgehead atoms. The summed E-state index contributed by atoms with van der Waals surface area (Å²) < 4.78 is 2.05. The summed E-state index contributed by atoms with van der Waals surface area (Å²) in [5.74, 6) is 0.213. The van der Waals surface area contributed by atoms with Crippen LogP contribution in [0.2, 0.25) is 0 Å². The Kier molecular flexibility index (Phi) is 5.34. The molecule has 0 aliphatic rings. The van der Waals surface area contributed by atoms with Gasteiger partial charge < -0.3 is 15.0 Å². The predicted octanol–water partition coefficient (Wildman–Crippen LogP) is 1.81. The SMILES string of the molecule is CCNC(CC)(CCCn1ccnc1C)C(=O)O. The molecule has 2 N–H and O–H groups in total. The van der Waals surface area contributed by atoms with Crippen molar-refractivity contribution in [3.63, 3.8) is 0 Å². The van der Waals surface area contributed by atoms with Crippen LogP contribution in [0.5, 0.6) is 0 Å². The van der Waals surface area contributed by atoms with Gasteiger partial charge in [-0.25, -0.2) is 4.98 Å². The highest BCUT2D eigenvalue weighted by Crippen LogP contribution is 2.18. The lowest BCUT2D eigenvalue weighted by Gasteiger charge is -2.29. The van der Waals surface area contributed by atoms with Gasteiger partial charge in [0, 0.05) is 18.9 Å². The number of rotatable bonds is 8. The van der Waals surface area contributed by atoms with Gasteiger partial charge in [0.2, 0.25) is 0 Å². The van der Waals surface area contributed by atoms with Crippen LogP contribution in [-0.4, -0.2) is 32.7 Å². The van der Waals surface area contributed by atoms with E-state index >= 15 is 0 Å². The molecule has 0 spiro atoms. The molecular formula is C13H23N3O2. The van der Waals surface area contributed by atoms with E-state index in [4.69, 9.17) is 0 Å². The van der Waals surface area contributed by atoms with Crippen LogP contribution in [0.3, 0.4) is 0 Å². The maximum Gasteiger partial charge on any atom is 0.323 e. The molecular weight excluding hydrogens is 230 g/mol. The fraction of sp³-hybridized carbons (Fsp3) is 0.692. The summed E-state index contributed by atoms with van der Waals surface area (Å²) in [7, 11) is 0. The van der Waals surface area contributed by atoms with Crippen LogP contribution in [0.4, 0.5) is 0 Å². The number of nitrogens with zero attached hydrogens (tertiary/aromatic N) is 2. The van der Waals surface area contributed by atoms with Gasteiger partial charge in [-0.15, -0.1) is 0 Å². The molecule has 0 aromatic carbocycles. The first kappa shape index (κ1) is 14.7. The lowest BCUT2D eigenvalue weighted by Crippen LogP contribution is -2.51. The molecule has 0 amide bonds. The third-order valence-corrected chi connectivity index (χ3v) is 3.45. The Bertz CT molecular complexity index is 389. The summed E-state index contributed by atoms with van der Waals surface area (Å²) in [6.07, 6.45) is 5.74. The monoisotopic (exact) mass is 253 g/mol. The van der Waals surface area contributed by atoms with E-state index in [1.165, 1.54) is 0 Å². The fourth-order valence-electron chi connectivity index (χ4n) is 2.25. The first-order valence-corrected chi connectivity index (χ1v) is 6.52. The molecule has 102 valence electrons. The Balaban J connectivity index is 2.57. The largest absolute Gasteiger partial charge is 0.480 e.